The van der Waals surface area contributed by atoms with Crippen LogP contribution in [0.15, 0.2) is 42.5 Å². The zero-order chi connectivity index (χ0) is 21.3. The number of fused-ring (bicyclic) bond motifs is 2. The monoisotopic (exact) mass is 418 g/mol. The number of ether oxygens (including phenoxy) is 1. The summed E-state index contributed by atoms with van der Waals surface area (Å²) in [7, 11) is 0. The Morgan fingerprint density at radius 1 is 1.23 bits per heavy atom. The van der Waals surface area contributed by atoms with E-state index in [4.69, 9.17) is 4.74 Å². The summed E-state index contributed by atoms with van der Waals surface area (Å²) in [6.45, 7) is 6.73. The third kappa shape index (κ3) is 4.06. The number of nitrogens with one attached hydrogen (secondary N) is 1. The van der Waals surface area contributed by atoms with E-state index in [2.05, 4.69) is 32.2 Å². The van der Waals surface area contributed by atoms with Crippen LogP contribution in [-0.2, 0) is 17.6 Å². The number of hydrogen-bond acceptors (Lipinski definition) is 4. The number of carbonyl (C=O) groups excluding carboxylic acids is 1. The van der Waals surface area contributed by atoms with Crippen molar-refractivity contribution in [3.63, 3.8) is 0 Å². The van der Waals surface area contributed by atoms with Gasteiger partial charge in [-0.2, -0.15) is 5.26 Å². The van der Waals surface area contributed by atoms with Gasteiger partial charge in [0, 0.05) is 10.3 Å². The molecule has 0 unspecified atom stereocenters. The van der Waals surface area contributed by atoms with Crippen LogP contribution in [0.1, 0.15) is 43.2 Å². The molecule has 5 heteroatoms. The van der Waals surface area contributed by atoms with Gasteiger partial charge < -0.3 is 10.1 Å². The summed E-state index contributed by atoms with van der Waals surface area (Å²) in [5.41, 5.74) is 1.98. The highest BCUT2D eigenvalue weighted by atomic mass is 32.1. The summed E-state index contributed by atoms with van der Waals surface area (Å²) in [5.74, 6) is 1.03. The van der Waals surface area contributed by atoms with Crippen molar-refractivity contribution >= 4 is 33.0 Å². The van der Waals surface area contributed by atoms with Crippen molar-refractivity contribution < 1.29 is 9.53 Å². The summed E-state index contributed by atoms with van der Waals surface area (Å²) < 4.78 is 5.80. The molecule has 154 valence electrons. The maximum Gasteiger partial charge on any atom is 0.262 e. The first-order valence-electron chi connectivity index (χ1n) is 10.3. The van der Waals surface area contributed by atoms with Crippen molar-refractivity contribution in [3.05, 3.63) is 58.5 Å². The molecule has 1 aromatic heterocycles. The van der Waals surface area contributed by atoms with Crippen LogP contribution in [0.2, 0.25) is 0 Å². The Morgan fingerprint density at radius 2 is 2.00 bits per heavy atom. The largest absolute Gasteiger partial charge is 0.483 e. The molecule has 1 aliphatic rings. The molecule has 1 aliphatic carbocycles. The number of thiophene rings is 1. The molecule has 3 aromatic rings. The van der Waals surface area contributed by atoms with E-state index in [9.17, 15) is 10.1 Å². The second kappa shape index (κ2) is 8.12. The summed E-state index contributed by atoms with van der Waals surface area (Å²) in [6.07, 6.45) is 2.96. The van der Waals surface area contributed by atoms with Gasteiger partial charge in [-0.1, -0.05) is 57.2 Å². The smallest absolute Gasteiger partial charge is 0.262 e. The minimum atomic E-state index is -0.245. The fourth-order valence-electron chi connectivity index (χ4n) is 4.16. The molecule has 0 radical (unpaired) electrons. The normalized spacial score (nSPS) is 16.0. The number of hydrogen-bond donors (Lipinski definition) is 1. The minimum Gasteiger partial charge on any atom is -0.483 e. The van der Waals surface area contributed by atoms with Crippen LogP contribution in [0.5, 0.6) is 5.75 Å². The molecular weight excluding hydrogens is 392 g/mol. The maximum absolute atomic E-state index is 12.6. The molecule has 1 atom stereocenters. The zero-order valence-corrected chi connectivity index (χ0v) is 18.4. The Hall–Kier alpha value is -2.84. The van der Waals surface area contributed by atoms with Gasteiger partial charge in [-0.15, -0.1) is 11.3 Å². The standard InChI is InChI=1S/C25H26N2O2S/c1-25(2,3)17-11-12-19-20(14-26)24(30-22(19)13-17)27-23(28)15-29-21-10-6-8-16-7-4-5-9-18(16)21/h4-10,17H,11-13,15H2,1-3H3,(H,27,28)/t17-/m0/s1. The molecule has 30 heavy (non-hydrogen) atoms. The van der Waals surface area contributed by atoms with Crippen molar-refractivity contribution in [2.24, 2.45) is 11.3 Å². The topological polar surface area (TPSA) is 62.1 Å². The van der Waals surface area contributed by atoms with Crippen LogP contribution in [-0.4, -0.2) is 12.5 Å². The van der Waals surface area contributed by atoms with Gasteiger partial charge in [-0.25, -0.2) is 0 Å². The van der Waals surface area contributed by atoms with E-state index in [-0.39, 0.29) is 17.9 Å². The van der Waals surface area contributed by atoms with Gasteiger partial charge in [-0.05, 0) is 47.6 Å². The first-order valence-corrected chi connectivity index (χ1v) is 11.1. The van der Waals surface area contributed by atoms with Gasteiger partial charge in [0.1, 0.15) is 16.8 Å². The van der Waals surface area contributed by atoms with Crippen molar-refractivity contribution in [2.45, 2.75) is 40.0 Å². The number of anilines is 1. The molecule has 1 amide bonds. The van der Waals surface area contributed by atoms with Gasteiger partial charge in [0.15, 0.2) is 6.61 Å². The number of carbonyl (C=O) groups is 1. The molecule has 1 N–H and O–H groups in total. The van der Waals surface area contributed by atoms with Crippen LogP contribution in [0.3, 0.4) is 0 Å². The number of amides is 1. The fraction of sp³-hybridized carbons (Fsp3) is 0.360. The molecule has 0 bridgehead atoms. The van der Waals surface area contributed by atoms with E-state index in [0.29, 0.717) is 22.2 Å². The van der Waals surface area contributed by atoms with Crippen LogP contribution >= 0.6 is 11.3 Å². The summed E-state index contributed by atoms with van der Waals surface area (Å²) in [6, 6.07) is 16.0. The third-order valence-corrected chi connectivity index (χ3v) is 7.13. The van der Waals surface area contributed by atoms with Crippen LogP contribution in [0, 0.1) is 22.7 Å². The molecule has 0 spiro atoms. The maximum atomic E-state index is 12.6. The molecule has 4 rings (SSSR count). The SMILES string of the molecule is CC(C)(C)[C@H]1CCc2c(sc(NC(=O)COc3cccc4ccccc34)c2C#N)C1. The highest BCUT2D eigenvalue weighted by Crippen LogP contribution is 2.44. The summed E-state index contributed by atoms with van der Waals surface area (Å²) in [5, 5.41) is 15.3. The number of rotatable bonds is 4. The lowest BCUT2D eigenvalue weighted by molar-refractivity contribution is -0.118. The molecule has 0 saturated heterocycles. The number of nitriles is 1. The van der Waals surface area contributed by atoms with E-state index in [1.54, 1.807) is 11.3 Å². The highest BCUT2D eigenvalue weighted by molar-refractivity contribution is 7.16. The van der Waals surface area contributed by atoms with Gasteiger partial charge in [-0.3, -0.25) is 4.79 Å². The van der Waals surface area contributed by atoms with E-state index in [0.717, 1.165) is 35.6 Å². The Morgan fingerprint density at radius 3 is 2.77 bits per heavy atom. The average molecular weight is 419 g/mol. The Bertz CT molecular complexity index is 1130. The first-order chi connectivity index (χ1) is 14.4. The number of benzene rings is 2. The quantitative estimate of drug-likeness (QED) is 0.570. The second-order valence-corrected chi connectivity index (χ2v) is 10.0. The molecule has 4 nitrogen and oxygen atoms in total. The van der Waals surface area contributed by atoms with E-state index in [1.807, 2.05) is 42.5 Å². The molecule has 0 aliphatic heterocycles. The Balaban J connectivity index is 1.47. The minimum absolute atomic E-state index is 0.0912. The Kier molecular flexibility index (Phi) is 5.53. The summed E-state index contributed by atoms with van der Waals surface area (Å²) in [4.78, 5) is 13.8. The molecule has 2 aromatic carbocycles. The van der Waals surface area contributed by atoms with Gasteiger partial charge in [0.2, 0.25) is 0 Å². The van der Waals surface area contributed by atoms with Crippen molar-refractivity contribution in [2.75, 3.05) is 11.9 Å². The van der Waals surface area contributed by atoms with Crippen LogP contribution < -0.4 is 10.1 Å². The van der Waals surface area contributed by atoms with Crippen LogP contribution in [0.25, 0.3) is 10.8 Å². The molecule has 0 fully saturated rings. The highest BCUT2D eigenvalue weighted by Gasteiger charge is 2.32. The lowest BCUT2D eigenvalue weighted by atomic mass is 9.72. The van der Waals surface area contributed by atoms with E-state index >= 15 is 0 Å². The third-order valence-electron chi connectivity index (χ3n) is 5.96. The molecule has 0 saturated carbocycles. The lowest BCUT2D eigenvalue weighted by Crippen LogP contribution is -2.26. The zero-order valence-electron chi connectivity index (χ0n) is 17.6. The lowest BCUT2D eigenvalue weighted by Gasteiger charge is -2.33. The first kappa shape index (κ1) is 20.4. The molecular formula is C25H26N2O2S. The predicted octanol–water partition coefficient (Wildman–Crippen LogP) is 5.94. The Labute approximate surface area is 181 Å². The average Bonchev–Trinajstić information content (AvgIpc) is 3.07. The van der Waals surface area contributed by atoms with E-state index in [1.165, 1.54) is 4.88 Å². The predicted molar refractivity (Wildman–Crippen MR) is 122 cm³/mol. The van der Waals surface area contributed by atoms with E-state index < -0.39 is 0 Å². The van der Waals surface area contributed by atoms with Crippen molar-refractivity contribution in [1.82, 2.24) is 0 Å². The summed E-state index contributed by atoms with van der Waals surface area (Å²) >= 11 is 1.55. The van der Waals surface area contributed by atoms with Gasteiger partial charge in [0.25, 0.3) is 5.91 Å². The number of nitrogens with zero attached hydrogens (tertiary/aromatic N) is 1. The van der Waals surface area contributed by atoms with Crippen LogP contribution in [0.4, 0.5) is 5.00 Å². The second-order valence-electron chi connectivity index (χ2n) is 8.94. The van der Waals surface area contributed by atoms with Crippen molar-refractivity contribution in [1.29, 1.82) is 5.26 Å². The van der Waals surface area contributed by atoms with Gasteiger partial charge in [0.05, 0.1) is 5.56 Å². The fourth-order valence-corrected chi connectivity index (χ4v) is 5.45. The van der Waals surface area contributed by atoms with Gasteiger partial charge >= 0.3 is 0 Å². The van der Waals surface area contributed by atoms with Crippen molar-refractivity contribution in [3.8, 4) is 11.8 Å². The molecule has 1 heterocycles.